The van der Waals surface area contributed by atoms with Gasteiger partial charge in [-0.25, -0.2) is 4.98 Å². The minimum Gasteiger partial charge on any atom is -0.475 e. The molecule has 0 radical (unpaired) electrons. The van der Waals surface area contributed by atoms with E-state index in [-0.39, 0.29) is 6.10 Å². The van der Waals surface area contributed by atoms with Gasteiger partial charge in [-0.3, -0.25) is 4.90 Å². The Morgan fingerprint density at radius 1 is 1.41 bits per heavy atom. The first-order valence-corrected chi connectivity index (χ1v) is 6.50. The molecule has 1 aliphatic rings. The third-order valence-electron chi connectivity index (χ3n) is 3.28. The lowest BCUT2D eigenvalue weighted by atomic mass is 9.96. The molecule has 1 fully saturated rings. The average Bonchev–Trinajstić information content (AvgIpc) is 2.30. The number of likely N-dealkylation sites (tertiary alicyclic amines) is 1. The lowest BCUT2D eigenvalue weighted by molar-refractivity contribution is 0.173. The summed E-state index contributed by atoms with van der Waals surface area (Å²) in [5.74, 6) is 0.807. The number of nitrogens with zero attached hydrogens (tertiary/aromatic N) is 2. The molecule has 1 aromatic rings. The van der Waals surface area contributed by atoms with Crippen molar-refractivity contribution in [3.8, 4) is 5.88 Å². The van der Waals surface area contributed by atoms with E-state index in [0.29, 0.717) is 6.04 Å². The van der Waals surface area contributed by atoms with Crippen LogP contribution in [-0.2, 0) is 0 Å². The summed E-state index contributed by atoms with van der Waals surface area (Å²) in [6.45, 7) is 5.26. The van der Waals surface area contributed by atoms with Crippen LogP contribution in [0, 0.1) is 0 Å². The maximum absolute atomic E-state index is 5.81. The summed E-state index contributed by atoms with van der Waals surface area (Å²) in [6, 6.07) is 4.62. The number of piperidine rings is 1. The summed E-state index contributed by atoms with van der Waals surface area (Å²) in [7, 11) is 2.19. The highest BCUT2D eigenvalue weighted by Gasteiger charge is 2.24. The fourth-order valence-electron chi connectivity index (χ4n) is 2.45. The Morgan fingerprint density at radius 3 is 2.94 bits per heavy atom. The summed E-state index contributed by atoms with van der Waals surface area (Å²) >= 11 is 0. The van der Waals surface area contributed by atoms with Gasteiger partial charge in [0, 0.05) is 17.8 Å². The Labute approximate surface area is 104 Å². The van der Waals surface area contributed by atoms with Crippen molar-refractivity contribution in [3.63, 3.8) is 0 Å². The first kappa shape index (κ1) is 12.4. The number of hydrogen-bond acceptors (Lipinski definition) is 3. The second kappa shape index (κ2) is 5.50. The predicted octanol–water partition coefficient (Wildman–Crippen LogP) is 3.03. The molecule has 94 valence electrons. The molecule has 2 heterocycles. The van der Waals surface area contributed by atoms with E-state index in [1.165, 1.54) is 31.4 Å². The van der Waals surface area contributed by atoms with Crippen LogP contribution in [-0.4, -0.2) is 29.6 Å². The maximum atomic E-state index is 5.81. The molecule has 2 rings (SSSR count). The molecule has 0 N–H and O–H groups in total. The van der Waals surface area contributed by atoms with Gasteiger partial charge in [0.2, 0.25) is 5.88 Å². The van der Waals surface area contributed by atoms with Crippen molar-refractivity contribution in [2.45, 2.75) is 45.3 Å². The van der Waals surface area contributed by atoms with Crippen molar-refractivity contribution in [2.75, 3.05) is 13.6 Å². The Hall–Kier alpha value is -1.09. The van der Waals surface area contributed by atoms with Crippen LogP contribution >= 0.6 is 0 Å². The van der Waals surface area contributed by atoms with Crippen LogP contribution in [0.25, 0.3) is 0 Å². The predicted molar refractivity (Wildman–Crippen MR) is 69.2 cm³/mol. The third-order valence-corrected chi connectivity index (χ3v) is 3.28. The van der Waals surface area contributed by atoms with Crippen molar-refractivity contribution < 1.29 is 4.74 Å². The lowest BCUT2D eigenvalue weighted by Crippen LogP contribution is -2.30. The summed E-state index contributed by atoms with van der Waals surface area (Å²) in [5.41, 5.74) is 1.24. The Kier molecular flexibility index (Phi) is 4.00. The number of rotatable bonds is 3. The van der Waals surface area contributed by atoms with Crippen LogP contribution in [0.4, 0.5) is 0 Å². The van der Waals surface area contributed by atoms with Gasteiger partial charge in [-0.1, -0.05) is 12.5 Å². The zero-order chi connectivity index (χ0) is 12.3. The van der Waals surface area contributed by atoms with Gasteiger partial charge in [-0.15, -0.1) is 0 Å². The molecule has 1 atom stereocenters. The molecule has 3 heteroatoms. The Bertz CT molecular complexity index is 365. The van der Waals surface area contributed by atoms with Crippen LogP contribution in [0.5, 0.6) is 5.88 Å². The molecule has 0 spiro atoms. The van der Waals surface area contributed by atoms with Gasteiger partial charge in [-0.05, 0) is 46.3 Å². The zero-order valence-corrected chi connectivity index (χ0v) is 11.0. The van der Waals surface area contributed by atoms with Gasteiger partial charge >= 0.3 is 0 Å². The molecule has 0 bridgehead atoms. The number of ether oxygens (including phenoxy) is 1. The van der Waals surface area contributed by atoms with E-state index in [2.05, 4.69) is 23.0 Å². The van der Waals surface area contributed by atoms with E-state index >= 15 is 0 Å². The average molecular weight is 234 g/mol. The molecule has 0 amide bonds. The molecular formula is C14H22N2O. The SMILES string of the molecule is CC(C)Oc1ncccc1[C@H]1CCCCN1C. The van der Waals surface area contributed by atoms with E-state index in [4.69, 9.17) is 4.74 Å². The fraction of sp³-hybridized carbons (Fsp3) is 0.643. The summed E-state index contributed by atoms with van der Waals surface area (Å²) < 4.78 is 5.81. The Balaban J connectivity index is 2.23. The number of aromatic nitrogens is 1. The molecule has 1 aromatic heterocycles. The highest BCUT2D eigenvalue weighted by atomic mass is 16.5. The van der Waals surface area contributed by atoms with Crippen molar-refractivity contribution in [2.24, 2.45) is 0 Å². The monoisotopic (exact) mass is 234 g/mol. The molecule has 0 aromatic carbocycles. The first-order chi connectivity index (χ1) is 8.18. The van der Waals surface area contributed by atoms with Gasteiger partial charge in [-0.2, -0.15) is 0 Å². The molecular weight excluding hydrogens is 212 g/mol. The van der Waals surface area contributed by atoms with Gasteiger partial charge < -0.3 is 4.74 Å². The summed E-state index contributed by atoms with van der Waals surface area (Å²) in [6.07, 6.45) is 5.79. The van der Waals surface area contributed by atoms with E-state index in [1.54, 1.807) is 0 Å². The summed E-state index contributed by atoms with van der Waals surface area (Å²) in [5, 5.41) is 0. The van der Waals surface area contributed by atoms with E-state index in [1.807, 2.05) is 26.1 Å². The Morgan fingerprint density at radius 2 is 2.24 bits per heavy atom. The molecule has 3 nitrogen and oxygen atoms in total. The van der Waals surface area contributed by atoms with E-state index < -0.39 is 0 Å². The first-order valence-electron chi connectivity index (χ1n) is 6.50. The van der Waals surface area contributed by atoms with Crippen LogP contribution in [0.15, 0.2) is 18.3 Å². The van der Waals surface area contributed by atoms with Gasteiger partial charge in [0.05, 0.1) is 6.10 Å². The largest absolute Gasteiger partial charge is 0.475 e. The molecule has 0 unspecified atom stereocenters. The van der Waals surface area contributed by atoms with E-state index in [0.717, 1.165) is 5.88 Å². The van der Waals surface area contributed by atoms with Crippen LogP contribution in [0.1, 0.15) is 44.7 Å². The van der Waals surface area contributed by atoms with Crippen LogP contribution in [0.3, 0.4) is 0 Å². The number of hydrogen-bond donors (Lipinski definition) is 0. The third kappa shape index (κ3) is 2.97. The molecule has 0 saturated carbocycles. The van der Waals surface area contributed by atoms with Crippen LogP contribution in [0.2, 0.25) is 0 Å². The van der Waals surface area contributed by atoms with Crippen molar-refractivity contribution in [1.82, 2.24) is 9.88 Å². The van der Waals surface area contributed by atoms with Crippen molar-refractivity contribution in [3.05, 3.63) is 23.9 Å². The smallest absolute Gasteiger partial charge is 0.218 e. The van der Waals surface area contributed by atoms with E-state index in [9.17, 15) is 0 Å². The van der Waals surface area contributed by atoms with Crippen molar-refractivity contribution >= 4 is 0 Å². The molecule has 17 heavy (non-hydrogen) atoms. The van der Waals surface area contributed by atoms with Crippen LogP contribution < -0.4 is 4.74 Å². The minimum atomic E-state index is 0.178. The summed E-state index contributed by atoms with van der Waals surface area (Å²) in [4.78, 5) is 6.79. The topological polar surface area (TPSA) is 25.4 Å². The minimum absolute atomic E-state index is 0.178. The second-order valence-electron chi connectivity index (χ2n) is 5.06. The van der Waals surface area contributed by atoms with Gasteiger partial charge in [0.25, 0.3) is 0 Å². The maximum Gasteiger partial charge on any atom is 0.218 e. The zero-order valence-electron chi connectivity index (χ0n) is 11.0. The highest BCUT2D eigenvalue weighted by Crippen LogP contribution is 2.34. The number of pyridine rings is 1. The van der Waals surface area contributed by atoms with Gasteiger partial charge in [0.1, 0.15) is 0 Å². The normalized spacial score (nSPS) is 21.8. The highest BCUT2D eigenvalue weighted by molar-refractivity contribution is 5.29. The fourth-order valence-corrected chi connectivity index (χ4v) is 2.45. The lowest BCUT2D eigenvalue weighted by Gasteiger charge is -2.33. The quantitative estimate of drug-likeness (QED) is 0.804. The molecule has 0 aliphatic carbocycles. The molecule has 1 aliphatic heterocycles. The molecule has 1 saturated heterocycles. The van der Waals surface area contributed by atoms with Crippen molar-refractivity contribution in [1.29, 1.82) is 0 Å². The van der Waals surface area contributed by atoms with Gasteiger partial charge in [0.15, 0.2) is 0 Å². The standard InChI is InChI=1S/C14H22N2O/c1-11(2)17-14-12(7-6-9-15-14)13-8-4-5-10-16(13)3/h6-7,9,11,13H,4-5,8,10H2,1-3H3/t13-/m1/s1. The second-order valence-corrected chi connectivity index (χ2v) is 5.06.